The molecule has 0 aromatic heterocycles. The largest absolute Gasteiger partial charge is 0.497 e. The van der Waals surface area contributed by atoms with Crippen LogP contribution in [0, 0.1) is 6.92 Å². The molecule has 0 radical (unpaired) electrons. The van der Waals surface area contributed by atoms with Crippen molar-refractivity contribution in [2.75, 3.05) is 7.11 Å². The van der Waals surface area contributed by atoms with Crippen LogP contribution in [-0.4, -0.2) is 7.11 Å². The Morgan fingerprint density at radius 2 is 1.70 bits per heavy atom. The van der Waals surface area contributed by atoms with Gasteiger partial charge in [0.15, 0.2) is 0 Å². The predicted molar refractivity (Wildman–Crippen MR) is 87.0 cm³/mol. The first kappa shape index (κ1) is 14.1. The maximum absolute atomic E-state index is 5.21. The standard InChI is InChI=1S/C19H20O/c1-4-5-6-8-16-9-7-10-19(15(16)2)17-11-13-18(20-3)14-12-17/h4-14H,1-3H3/b5-4+,8-6+. The topological polar surface area (TPSA) is 9.23 Å². The van der Waals surface area contributed by atoms with Crippen LogP contribution < -0.4 is 4.74 Å². The molecule has 102 valence electrons. The van der Waals surface area contributed by atoms with Crippen molar-refractivity contribution in [2.45, 2.75) is 13.8 Å². The van der Waals surface area contributed by atoms with Gasteiger partial charge in [0.1, 0.15) is 5.75 Å². The Hall–Kier alpha value is -2.28. The normalized spacial score (nSPS) is 11.3. The van der Waals surface area contributed by atoms with Gasteiger partial charge in [-0.25, -0.2) is 0 Å². The zero-order valence-corrected chi connectivity index (χ0v) is 12.3. The molecule has 0 aliphatic heterocycles. The third-order valence-corrected chi connectivity index (χ3v) is 3.36. The zero-order chi connectivity index (χ0) is 14.4. The van der Waals surface area contributed by atoms with Gasteiger partial charge in [-0.05, 0) is 48.2 Å². The molecule has 2 aromatic rings. The first-order valence-electron chi connectivity index (χ1n) is 6.79. The van der Waals surface area contributed by atoms with Gasteiger partial charge < -0.3 is 4.74 Å². The number of allylic oxidation sites excluding steroid dienone is 3. The number of methoxy groups -OCH3 is 1. The van der Waals surface area contributed by atoms with E-state index in [-0.39, 0.29) is 0 Å². The summed E-state index contributed by atoms with van der Waals surface area (Å²) in [5, 5.41) is 0. The van der Waals surface area contributed by atoms with Gasteiger partial charge in [-0.15, -0.1) is 0 Å². The van der Waals surface area contributed by atoms with Crippen LogP contribution in [0.1, 0.15) is 18.1 Å². The highest BCUT2D eigenvalue weighted by Crippen LogP contribution is 2.27. The fourth-order valence-corrected chi connectivity index (χ4v) is 2.19. The highest BCUT2D eigenvalue weighted by molar-refractivity contribution is 5.73. The van der Waals surface area contributed by atoms with Crippen LogP contribution in [-0.2, 0) is 0 Å². The summed E-state index contributed by atoms with van der Waals surface area (Å²) in [7, 11) is 1.69. The lowest BCUT2D eigenvalue weighted by atomic mass is 9.96. The molecule has 2 rings (SSSR count). The molecular formula is C19H20O. The molecule has 1 heteroatoms. The molecule has 0 bridgehead atoms. The van der Waals surface area contributed by atoms with E-state index in [1.165, 1.54) is 22.3 Å². The molecule has 0 saturated heterocycles. The Balaban J connectivity index is 2.38. The fraction of sp³-hybridized carbons (Fsp3) is 0.158. The quantitative estimate of drug-likeness (QED) is 0.684. The number of benzene rings is 2. The van der Waals surface area contributed by atoms with Crippen molar-refractivity contribution in [2.24, 2.45) is 0 Å². The van der Waals surface area contributed by atoms with Gasteiger partial charge in [0.2, 0.25) is 0 Å². The van der Waals surface area contributed by atoms with Crippen LogP contribution >= 0.6 is 0 Å². The highest BCUT2D eigenvalue weighted by Gasteiger charge is 2.04. The van der Waals surface area contributed by atoms with Crippen molar-refractivity contribution < 1.29 is 4.74 Å². The molecular weight excluding hydrogens is 244 g/mol. The first-order valence-corrected chi connectivity index (χ1v) is 6.79. The third-order valence-electron chi connectivity index (χ3n) is 3.36. The van der Waals surface area contributed by atoms with Crippen molar-refractivity contribution in [3.05, 3.63) is 71.8 Å². The molecule has 0 unspecified atom stereocenters. The summed E-state index contributed by atoms with van der Waals surface area (Å²) in [6.07, 6.45) is 8.28. The molecule has 0 fully saturated rings. The Kier molecular flexibility index (Phi) is 4.78. The Labute approximate surface area is 121 Å². The van der Waals surface area contributed by atoms with E-state index in [0.29, 0.717) is 0 Å². The third kappa shape index (κ3) is 3.18. The van der Waals surface area contributed by atoms with E-state index in [1.54, 1.807) is 7.11 Å². The van der Waals surface area contributed by atoms with Crippen molar-refractivity contribution in [3.63, 3.8) is 0 Å². The summed E-state index contributed by atoms with van der Waals surface area (Å²) in [6.45, 7) is 4.18. The van der Waals surface area contributed by atoms with Crippen LogP contribution in [0.15, 0.2) is 60.7 Å². The lowest BCUT2D eigenvalue weighted by Crippen LogP contribution is -1.88. The second-order valence-electron chi connectivity index (χ2n) is 4.63. The van der Waals surface area contributed by atoms with E-state index in [2.05, 4.69) is 49.4 Å². The maximum atomic E-state index is 5.21. The molecule has 0 heterocycles. The average Bonchev–Trinajstić information content (AvgIpc) is 2.49. The average molecular weight is 264 g/mol. The lowest BCUT2D eigenvalue weighted by molar-refractivity contribution is 0.415. The molecule has 0 N–H and O–H groups in total. The molecule has 0 aliphatic carbocycles. The van der Waals surface area contributed by atoms with E-state index >= 15 is 0 Å². The van der Waals surface area contributed by atoms with Crippen molar-refractivity contribution >= 4 is 6.08 Å². The Morgan fingerprint density at radius 3 is 2.35 bits per heavy atom. The molecule has 2 aromatic carbocycles. The first-order chi connectivity index (χ1) is 9.76. The van der Waals surface area contributed by atoms with Gasteiger partial charge in [0.25, 0.3) is 0 Å². The summed E-state index contributed by atoms with van der Waals surface area (Å²) in [5.41, 5.74) is 5.01. The van der Waals surface area contributed by atoms with Crippen LogP contribution in [0.5, 0.6) is 5.75 Å². The second-order valence-corrected chi connectivity index (χ2v) is 4.63. The van der Waals surface area contributed by atoms with Crippen LogP contribution in [0.4, 0.5) is 0 Å². The van der Waals surface area contributed by atoms with Crippen LogP contribution in [0.25, 0.3) is 17.2 Å². The van der Waals surface area contributed by atoms with Crippen molar-refractivity contribution in [1.29, 1.82) is 0 Å². The van der Waals surface area contributed by atoms with Crippen molar-refractivity contribution in [1.82, 2.24) is 0 Å². The second kappa shape index (κ2) is 6.76. The predicted octanol–water partition coefficient (Wildman–Crippen LogP) is 5.26. The van der Waals surface area contributed by atoms with Crippen LogP contribution in [0.2, 0.25) is 0 Å². The van der Waals surface area contributed by atoms with Crippen molar-refractivity contribution in [3.8, 4) is 16.9 Å². The summed E-state index contributed by atoms with van der Waals surface area (Å²) >= 11 is 0. The number of rotatable bonds is 4. The molecule has 0 atom stereocenters. The highest BCUT2D eigenvalue weighted by atomic mass is 16.5. The van der Waals surface area contributed by atoms with E-state index < -0.39 is 0 Å². The maximum Gasteiger partial charge on any atom is 0.118 e. The number of hydrogen-bond donors (Lipinski definition) is 0. The molecule has 20 heavy (non-hydrogen) atoms. The van der Waals surface area contributed by atoms with E-state index in [0.717, 1.165) is 5.75 Å². The smallest absolute Gasteiger partial charge is 0.118 e. The summed E-state index contributed by atoms with van der Waals surface area (Å²) in [6, 6.07) is 14.6. The van der Waals surface area contributed by atoms with Crippen LogP contribution in [0.3, 0.4) is 0 Å². The molecule has 0 spiro atoms. The van der Waals surface area contributed by atoms with Gasteiger partial charge >= 0.3 is 0 Å². The molecule has 0 saturated carbocycles. The zero-order valence-electron chi connectivity index (χ0n) is 12.3. The van der Waals surface area contributed by atoms with Gasteiger partial charge in [0, 0.05) is 0 Å². The van der Waals surface area contributed by atoms with E-state index in [9.17, 15) is 0 Å². The van der Waals surface area contributed by atoms with Gasteiger partial charge in [-0.2, -0.15) is 0 Å². The number of ether oxygens (including phenoxy) is 1. The summed E-state index contributed by atoms with van der Waals surface area (Å²) < 4.78 is 5.21. The molecule has 1 nitrogen and oxygen atoms in total. The monoisotopic (exact) mass is 264 g/mol. The SMILES string of the molecule is C/C=C/C=C/c1cccc(-c2ccc(OC)cc2)c1C. The van der Waals surface area contributed by atoms with Gasteiger partial charge in [-0.3, -0.25) is 0 Å². The summed E-state index contributed by atoms with van der Waals surface area (Å²) in [4.78, 5) is 0. The minimum Gasteiger partial charge on any atom is -0.497 e. The molecule has 0 amide bonds. The van der Waals surface area contributed by atoms with Gasteiger partial charge in [0.05, 0.1) is 7.11 Å². The summed E-state index contributed by atoms with van der Waals surface area (Å²) in [5.74, 6) is 0.885. The lowest BCUT2D eigenvalue weighted by Gasteiger charge is -2.09. The van der Waals surface area contributed by atoms with E-state index in [4.69, 9.17) is 4.74 Å². The Morgan fingerprint density at radius 1 is 0.950 bits per heavy atom. The minimum absolute atomic E-state index is 0.885. The number of hydrogen-bond acceptors (Lipinski definition) is 1. The molecule has 0 aliphatic rings. The van der Waals surface area contributed by atoms with E-state index in [1.807, 2.05) is 31.2 Å². The van der Waals surface area contributed by atoms with Gasteiger partial charge in [-0.1, -0.05) is 54.6 Å². The minimum atomic E-state index is 0.885. The fourth-order valence-electron chi connectivity index (χ4n) is 2.19. The Bertz CT molecular complexity index is 619.